The number of carbonyl (C=O) groups is 3. The van der Waals surface area contributed by atoms with Gasteiger partial charge in [0, 0.05) is 117 Å². The molecule has 42 heteroatoms. The Balaban J connectivity index is 0.000000175. The molecule has 3 aliphatic rings. The van der Waals surface area contributed by atoms with Crippen LogP contribution in [0.1, 0.15) is 131 Å². The van der Waals surface area contributed by atoms with Gasteiger partial charge in [-0.25, -0.2) is 50.1 Å². The number of carbonyl (C=O) groups excluding carboxylic acids is 3. The number of anilines is 6. The first-order valence-corrected chi connectivity index (χ1v) is 45.2. The highest BCUT2D eigenvalue weighted by molar-refractivity contribution is 6.45. The molecule has 0 spiro atoms. The fraction of sp³-hybridized carbons (Fsp3) is 0.281. The summed E-state index contributed by atoms with van der Waals surface area (Å²) in [4.78, 5) is 118. The van der Waals surface area contributed by atoms with Crippen LogP contribution in [0.4, 0.5) is 69.2 Å². The Labute approximate surface area is 819 Å². The van der Waals surface area contributed by atoms with Gasteiger partial charge < -0.3 is 46.6 Å². The second-order valence-electron chi connectivity index (χ2n) is 33.8. The molecule has 0 bridgehead atoms. The van der Waals surface area contributed by atoms with E-state index in [0.717, 1.165) is 0 Å². The van der Waals surface area contributed by atoms with Crippen molar-refractivity contribution in [2.24, 2.45) is 0 Å². The monoisotopic (exact) mass is 2020 g/mol. The number of piperazine rings is 3. The third-order valence-corrected chi connectivity index (χ3v) is 26.5. The van der Waals surface area contributed by atoms with Crippen molar-refractivity contribution in [2.45, 2.75) is 119 Å². The summed E-state index contributed by atoms with van der Waals surface area (Å²) >= 11 is 44.1. The molecule has 0 radical (unpaired) electrons. The highest BCUT2D eigenvalue weighted by atomic mass is 35.5. The molecule has 6 N–H and O–H groups in total. The minimum atomic E-state index is -1.68. The molecule has 3 saturated heterocycles. The van der Waals surface area contributed by atoms with Gasteiger partial charge in [-0.3, -0.25) is 57.4 Å². The smallest absolute Gasteiger partial charge is 0.276 e. The number of benzene rings is 3. The van der Waals surface area contributed by atoms with E-state index in [1.165, 1.54) is 50.1 Å². The molecule has 27 nitrogen and oxygen atoms in total. The van der Waals surface area contributed by atoms with Crippen LogP contribution < -0.4 is 48.6 Å². The molecule has 3 atom stereocenters. The summed E-state index contributed by atoms with van der Waals surface area (Å²) < 4.78 is 122. The first-order chi connectivity index (χ1) is 65.2. The van der Waals surface area contributed by atoms with Gasteiger partial charge >= 0.3 is 0 Å². The topological polar surface area (TPSA) is 363 Å². The number of fused-ring (bicyclic) bond motifs is 3. The van der Waals surface area contributed by atoms with E-state index in [0.29, 0.717) is 62.8 Å². The Morgan fingerprint density at radius 2 is 0.652 bits per heavy atom. The molecule has 714 valence electrons. The van der Waals surface area contributed by atoms with E-state index in [4.69, 9.17) is 103 Å². The standard InChI is InChI=1S/C32H28Cl3F2N7O2.2C32H28Cl2F3N7O2/c1-6-20(45)43-10-9-42(13-16(43)5)30-17-11-19(33)28(21-22(34)23(35)24(36)25(37)26(21)39)41-31(17)44(32(46)18(30)12-38)29-15(4)7-8-40-27(29)14(2)3;2*1-6-20(45)43-10-9-42(13-16(43)5)30-17-11-19(33)28(21-23(35)22(34)24(36)25(37)26(21)39)41-31(17)44(32(46)18(30)12-38)29-15(4)7-8-40-27(29)14(2)3/h3*6-8,11,14,16H,1,9-10,13,39H2,2-5H3/t3*16-/m111/s1. The minimum Gasteiger partial charge on any atom is -0.396 e. The molecule has 12 heterocycles. The lowest BCUT2D eigenvalue weighted by Gasteiger charge is -2.41. The van der Waals surface area contributed by atoms with E-state index < -0.39 is 123 Å². The quantitative estimate of drug-likeness (QED) is 0.0282. The van der Waals surface area contributed by atoms with Gasteiger partial charge in [-0.2, -0.15) is 15.8 Å². The van der Waals surface area contributed by atoms with Crippen molar-refractivity contribution in [2.75, 3.05) is 90.8 Å². The zero-order chi connectivity index (χ0) is 101. The van der Waals surface area contributed by atoms with E-state index >= 15 is 8.78 Å². The third kappa shape index (κ3) is 17.7. The highest BCUT2D eigenvalue weighted by Crippen LogP contribution is 2.49. The van der Waals surface area contributed by atoms with Crippen molar-refractivity contribution < 1.29 is 49.5 Å². The first-order valence-electron chi connectivity index (χ1n) is 42.6. The van der Waals surface area contributed by atoms with Crippen LogP contribution in [-0.2, 0) is 14.4 Å². The van der Waals surface area contributed by atoms with Crippen LogP contribution >= 0.6 is 81.2 Å². The zero-order valence-electron chi connectivity index (χ0n) is 75.8. The second-order valence-corrected chi connectivity index (χ2v) is 36.5. The summed E-state index contributed by atoms with van der Waals surface area (Å²) in [6.45, 7) is 35.1. The van der Waals surface area contributed by atoms with Gasteiger partial charge in [0.25, 0.3) is 16.7 Å². The molecule has 138 heavy (non-hydrogen) atoms. The van der Waals surface area contributed by atoms with Crippen LogP contribution in [0.3, 0.4) is 0 Å². The fourth-order valence-electron chi connectivity index (χ4n) is 17.6. The van der Waals surface area contributed by atoms with Crippen LogP contribution in [0.2, 0.25) is 35.2 Å². The number of halogens is 15. The summed E-state index contributed by atoms with van der Waals surface area (Å²) in [6, 6.07) is 14.5. The van der Waals surface area contributed by atoms with Gasteiger partial charge in [-0.1, -0.05) is 142 Å². The van der Waals surface area contributed by atoms with Crippen molar-refractivity contribution in [1.82, 2.24) is 58.3 Å². The highest BCUT2D eigenvalue weighted by Gasteiger charge is 2.40. The number of amides is 3. The molecular formula is C96H84Cl7F8N21O6. The fourth-order valence-corrected chi connectivity index (χ4v) is 19.1. The van der Waals surface area contributed by atoms with Crippen LogP contribution in [0, 0.1) is 101 Å². The Bertz CT molecular complexity index is 6790. The molecule has 0 aliphatic carbocycles. The molecule has 3 fully saturated rings. The largest absolute Gasteiger partial charge is 0.396 e. The molecule has 3 aliphatic heterocycles. The van der Waals surface area contributed by atoms with E-state index in [-0.39, 0.29) is 194 Å². The van der Waals surface area contributed by atoms with Crippen LogP contribution in [0.15, 0.2) is 107 Å². The maximum atomic E-state index is 15.5. The van der Waals surface area contributed by atoms with Crippen molar-refractivity contribution in [3.63, 3.8) is 0 Å². The molecular weight excluding hydrogens is 1940 g/mol. The van der Waals surface area contributed by atoms with Crippen LogP contribution in [0.5, 0.6) is 0 Å². The number of hydrogen-bond donors (Lipinski definition) is 3. The predicted octanol–water partition coefficient (Wildman–Crippen LogP) is 19.4. The van der Waals surface area contributed by atoms with E-state index in [1.807, 2.05) is 79.4 Å². The minimum absolute atomic E-state index is 0.0324. The van der Waals surface area contributed by atoms with Crippen molar-refractivity contribution in [1.29, 1.82) is 15.8 Å². The van der Waals surface area contributed by atoms with Gasteiger partial charge in [-0.05, 0) is 131 Å². The number of aromatic nitrogens is 9. The maximum absolute atomic E-state index is 15.5. The number of hydrogen-bond acceptors (Lipinski definition) is 21. The number of nitrogens with zero attached hydrogens (tertiary/aromatic N) is 18. The number of nitrogen functional groups attached to an aromatic ring is 3. The van der Waals surface area contributed by atoms with Gasteiger partial charge in [0.05, 0.1) is 122 Å². The summed E-state index contributed by atoms with van der Waals surface area (Å²) in [5.41, 5.74) is 14.7. The molecule has 3 aromatic carbocycles. The van der Waals surface area contributed by atoms with E-state index in [2.05, 4.69) is 50.7 Å². The Kier molecular flexibility index (Phi) is 29.8. The molecule has 0 saturated carbocycles. The van der Waals surface area contributed by atoms with Crippen LogP contribution in [0.25, 0.3) is 83.9 Å². The Morgan fingerprint density at radius 1 is 0.399 bits per heavy atom. The summed E-state index contributed by atoms with van der Waals surface area (Å²) in [5.74, 6) is -13.5. The normalized spacial score (nSPS) is 15.0. The summed E-state index contributed by atoms with van der Waals surface area (Å²) in [6.07, 6.45) is 8.45. The lowest BCUT2D eigenvalue weighted by Crippen LogP contribution is -2.54. The number of rotatable bonds is 15. The van der Waals surface area contributed by atoms with Crippen LogP contribution in [-0.4, -0.2) is 153 Å². The average molecular weight is 2030 g/mol. The Morgan fingerprint density at radius 3 is 0.899 bits per heavy atom. The third-order valence-electron chi connectivity index (χ3n) is 24.2. The second kappa shape index (κ2) is 40.3. The van der Waals surface area contributed by atoms with Crippen molar-refractivity contribution in [3.05, 3.63) is 256 Å². The SMILES string of the molecule is C=CC(=O)N1CCN(c2c(C#N)c(=O)n(-c3c(C)ccnc3C(C)C)c3nc(-c4c(N)c(F)c(F)c(Cl)c4Cl)c(Cl)cc23)C[C@H]1C.C=CC(=O)N1CCN(c2c(C#N)c(=O)n(-c3c(C)ccnc3C(C)C)c3nc(-c4c(N)c(F)c(F)c(Cl)c4F)c(Cl)cc23)C[C@H]1C.C=CC(=O)N1CCN(c2c(C#N)c(=O)n(-c3c(C)ccnc3C(C)C)c3nc(-c4c(N)c(F)c(F)c(Cl)c4F)c(Cl)cc23)C[C@H]1C. The van der Waals surface area contributed by atoms with Crippen molar-refractivity contribution in [3.8, 4) is 69.0 Å². The number of nitriles is 3. The van der Waals surface area contributed by atoms with E-state index in [1.54, 1.807) is 82.1 Å². The predicted molar refractivity (Wildman–Crippen MR) is 521 cm³/mol. The van der Waals surface area contributed by atoms with Gasteiger partial charge in [0.2, 0.25) is 17.7 Å². The maximum Gasteiger partial charge on any atom is 0.276 e. The Hall–Kier alpha value is -13.4. The van der Waals surface area contributed by atoms with Gasteiger partial charge in [0.15, 0.2) is 46.5 Å². The van der Waals surface area contributed by atoms with Gasteiger partial charge in [0.1, 0.15) is 61.9 Å². The number of pyridine rings is 9. The summed E-state index contributed by atoms with van der Waals surface area (Å²) in [7, 11) is 0. The zero-order valence-corrected chi connectivity index (χ0v) is 81.1. The van der Waals surface area contributed by atoms with E-state index in [9.17, 15) is 70.9 Å². The molecule has 9 aromatic heterocycles. The lowest BCUT2D eigenvalue weighted by atomic mass is 10.0. The molecule has 15 rings (SSSR count). The lowest BCUT2D eigenvalue weighted by molar-refractivity contribution is -0.129. The average Bonchev–Trinajstić information content (AvgIpc) is 0.726. The first kappa shape index (κ1) is 102. The molecule has 3 amide bonds. The number of nitrogens with two attached hydrogens (primary N) is 3. The molecule has 12 aromatic rings. The number of aryl methyl sites for hydroxylation is 3. The van der Waals surface area contributed by atoms with Crippen molar-refractivity contribution >= 4 is 166 Å². The summed E-state index contributed by atoms with van der Waals surface area (Å²) in [5, 5.41) is 28.1. The van der Waals surface area contributed by atoms with Gasteiger partial charge in [-0.15, -0.1) is 0 Å². The molecule has 0 unspecified atom stereocenters.